The van der Waals surface area contributed by atoms with Gasteiger partial charge in [0.25, 0.3) is 0 Å². The lowest BCUT2D eigenvalue weighted by Gasteiger charge is -2.27. The quantitative estimate of drug-likeness (QED) is 0.0308. The Hall–Kier alpha value is -0.950. The molecule has 0 aromatic rings. The van der Waals surface area contributed by atoms with Crippen LogP contribution in [0.2, 0.25) is 0 Å². The summed E-state index contributed by atoms with van der Waals surface area (Å²) in [4.78, 5) is 12.7. The van der Waals surface area contributed by atoms with E-state index in [1.165, 1.54) is 379 Å². The van der Waals surface area contributed by atoms with E-state index in [0.29, 0.717) is 12.8 Å². The average molecular weight is 1170 g/mol. The fourth-order valence-electron chi connectivity index (χ4n) is 12.8. The first-order chi connectivity index (χ1) is 41.0. The normalized spacial score (nSPS) is 13.4. The first-order valence-corrected chi connectivity index (χ1v) is 38.6. The van der Waals surface area contributed by atoms with Gasteiger partial charge in [0.1, 0.15) is 12.2 Å². The van der Waals surface area contributed by atoms with Crippen molar-refractivity contribution in [3.05, 3.63) is 12.2 Å². The molecule has 0 saturated carbocycles. The molecule has 0 aliphatic heterocycles. The SMILES string of the molecule is CCCCCCCCCCCCCCCCCCCCCCCCCCCC/C=C/CCCC(O)C(O)C(CO)NC(=O)C(O)CCCCCCCCCCCCCCCCCCCCCCCCCCCCCCCCCCCCCC. The smallest absolute Gasteiger partial charge is 0.249 e. The van der Waals surface area contributed by atoms with Crippen LogP contribution in [-0.2, 0) is 4.79 Å². The molecule has 0 saturated heterocycles. The highest BCUT2D eigenvalue weighted by Gasteiger charge is 2.28. The predicted molar refractivity (Wildman–Crippen MR) is 367 cm³/mol. The van der Waals surface area contributed by atoms with Crippen molar-refractivity contribution in [1.82, 2.24) is 5.32 Å². The van der Waals surface area contributed by atoms with Crippen LogP contribution in [0.15, 0.2) is 12.2 Å². The summed E-state index contributed by atoms with van der Waals surface area (Å²) in [5.41, 5.74) is 0. The molecule has 0 radical (unpaired) electrons. The summed E-state index contributed by atoms with van der Waals surface area (Å²) in [6.07, 6.45) is 91.0. The predicted octanol–water partition coefficient (Wildman–Crippen LogP) is 24.3. The van der Waals surface area contributed by atoms with Crippen LogP contribution in [0.4, 0.5) is 0 Å². The molecule has 0 aliphatic carbocycles. The summed E-state index contributed by atoms with van der Waals surface area (Å²) in [5, 5.41) is 44.3. The van der Waals surface area contributed by atoms with Crippen molar-refractivity contribution in [2.45, 2.75) is 468 Å². The standard InChI is InChI=1S/C77H153NO5/c1-3-5-7-9-11-13-15-17-19-21-23-25-27-29-31-33-35-36-37-38-39-41-43-45-47-49-51-53-55-57-59-61-63-65-67-69-71-75(81)77(83)78-73(72-79)76(82)74(80)70-68-66-64-62-60-58-56-54-52-50-48-46-44-42-40-34-32-30-28-26-24-22-20-18-16-14-12-10-8-6-4-2/h62,64,73-76,79-82H,3-61,63,65-72H2,1-2H3,(H,78,83)/b64-62+. The summed E-state index contributed by atoms with van der Waals surface area (Å²) in [5.74, 6) is -0.583. The van der Waals surface area contributed by atoms with Crippen molar-refractivity contribution >= 4 is 5.91 Å². The first kappa shape index (κ1) is 82.0. The lowest BCUT2D eigenvalue weighted by Crippen LogP contribution is -2.53. The van der Waals surface area contributed by atoms with Gasteiger partial charge in [-0.1, -0.05) is 418 Å². The number of nitrogens with one attached hydrogen (secondary N) is 1. The number of amides is 1. The van der Waals surface area contributed by atoms with Gasteiger partial charge in [0, 0.05) is 0 Å². The van der Waals surface area contributed by atoms with E-state index in [0.717, 1.165) is 38.5 Å². The molecule has 83 heavy (non-hydrogen) atoms. The number of hydrogen-bond acceptors (Lipinski definition) is 5. The summed E-state index contributed by atoms with van der Waals surface area (Å²) >= 11 is 0. The minimum absolute atomic E-state index is 0.369. The van der Waals surface area contributed by atoms with Gasteiger partial charge in [-0.15, -0.1) is 0 Å². The van der Waals surface area contributed by atoms with E-state index in [2.05, 4.69) is 31.3 Å². The summed E-state index contributed by atoms with van der Waals surface area (Å²) in [6.45, 7) is 4.11. The molecule has 6 heteroatoms. The van der Waals surface area contributed by atoms with Crippen LogP contribution in [-0.4, -0.2) is 57.3 Å². The van der Waals surface area contributed by atoms with Crippen LogP contribution in [0.1, 0.15) is 444 Å². The minimum Gasteiger partial charge on any atom is -0.394 e. The number of aliphatic hydroxyl groups is 4. The maximum absolute atomic E-state index is 12.7. The van der Waals surface area contributed by atoms with E-state index in [1.807, 2.05) is 0 Å². The molecule has 0 bridgehead atoms. The Balaban J connectivity index is 3.50. The van der Waals surface area contributed by atoms with Gasteiger partial charge in [-0.25, -0.2) is 0 Å². The number of hydrogen-bond donors (Lipinski definition) is 5. The van der Waals surface area contributed by atoms with Gasteiger partial charge in [0.15, 0.2) is 0 Å². The number of allylic oxidation sites excluding steroid dienone is 2. The molecule has 5 N–H and O–H groups in total. The van der Waals surface area contributed by atoms with Crippen LogP contribution in [0, 0.1) is 0 Å². The Bertz CT molecular complexity index is 1230. The Morgan fingerprint density at radius 3 is 0.723 bits per heavy atom. The van der Waals surface area contributed by atoms with Gasteiger partial charge < -0.3 is 25.7 Å². The Kier molecular flexibility index (Phi) is 71.0. The number of carbonyl (C=O) groups is 1. The van der Waals surface area contributed by atoms with E-state index in [1.54, 1.807) is 0 Å². The van der Waals surface area contributed by atoms with Gasteiger partial charge in [-0.05, 0) is 38.5 Å². The van der Waals surface area contributed by atoms with Gasteiger partial charge in [-0.2, -0.15) is 0 Å². The molecule has 496 valence electrons. The third kappa shape index (κ3) is 65.3. The van der Waals surface area contributed by atoms with Gasteiger partial charge in [-0.3, -0.25) is 4.79 Å². The fourth-order valence-corrected chi connectivity index (χ4v) is 12.8. The minimum atomic E-state index is -1.28. The number of aliphatic hydroxyl groups excluding tert-OH is 4. The molecule has 0 aromatic carbocycles. The third-order valence-electron chi connectivity index (χ3n) is 18.7. The Morgan fingerprint density at radius 1 is 0.289 bits per heavy atom. The Morgan fingerprint density at radius 2 is 0.494 bits per heavy atom. The highest BCUT2D eigenvalue weighted by Crippen LogP contribution is 2.21. The van der Waals surface area contributed by atoms with Crippen LogP contribution in [0.5, 0.6) is 0 Å². The molecule has 0 spiro atoms. The summed E-state index contributed by atoms with van der Waals surface area (Å²) in [7, 11) is 0. The zero-order chi connectivity index (χ0) is 60.1. The lowest BCUT2D eigenvalue weighted by molar-refractivity contribution is -0.132. The second kappa shape index (κ2) is 71.8. The largest absolute Gasteiger partial charge is 0.394 e. The molecular weight excluding hydrogens is 1020 g/mol. The van der Waals surface area contributed by atoms with Crippen LogP contribution in [0.25, 0.3) is 0 Å². The van der Waals surface area contributed by atoms with Crippen molar-refractivity contribution in [3.8, 4) is 0 Å². The Labute approximate surface area is 521 Å². The first-order valence-electron chi connectivity index (χ1n) is 38.6. The molecule has 0 rings (SSSR count). The highest BCUT2D eigenvalue weighted by atomic mass is 16.3. The molecule has 0 aliphatic rings. The van der Waals surface area contributed by atoms with Gasteiger partial charge in [0.2, 0.25) is 5.91 Å². The van der Waals surface area contributed by atoms with Crippen LogP contribution >= 0.6 is 0 Å². The monoisotopic (exact) mass is 1170 g/mol. The van der Waals surface area contributed by atoms with Gasteiger partial charge >= 0.3 is 0 Å². The van der Waals surface area contributed by atoms with Crippen molar-refractivity contribution in [2.24, 2.45) is 0 Å². The van der Waals surface area contributed by atoms with Crippen LogP contribution in [0.3, 0.4) is 0 Å². The van der Waals surface area contributed by atoms with Crippen molar-refractivity contribution < 1.29 is 25.2 Å². The van der Waals surface area contributed by atoms with E-state index >= 15 is 0 Å². The average Bonchev–Trinajstić information content (AvgIpc) is 3.53. The zero-order valence-electron chi connectivity index (χ0n) is 56.7. The molecule has 0 fully saturated rings. The molecule has 6 nitrogen and oxygen atoms in total. The molecule has 4 atom stereocenters. The third-order valence-corrected chi connectivity index (χ3v) is 18.7. The maximum atomic E-state index is 12.7. The second-order valence-corrected chi connectivity index (χ2v) is 27.1. The van der Waals surface area contributed by atoms with Crippen LogP contribution < -0.4 is 5.32 Å². The van der Waals surface area contributed by atoms with Crippen molar-refractivity contribution in [1.29, 1.82) is 0 Å². The lowest BCUT2D eigenvalue weighted by atomic mass is 10.00. The zero-order valence-corrected chi connectivity index (χ0v) is 56.7. The van der Waals surface area contributed by atoms with E-state index in [-0.39, 0.29) is 0 Å². The highest BCUT2D eigenvalue weighted by molar-refractivity contribution is 5.80. The summed E-state index contributed by atoms with van der Waals surface area (Å²) < 4.78 is 0. The van der Waals surface area contributed by atoms with E-state index in [4.69, 9.17) is 0 Å². The van der Waals surface area contributed by atoms with E-state index < -0.39 is 36.9 Å². The number of carbonyl (C=O) groups excluding carboxylic acids is 1. The van der Waals surface area contributed by atoms with Crippen molar-refractivity contribution in [3.63, 3.8) is 0 Å². The van der Waals surface area contributed by atoms with Crippen molar-refractivity contribution in [2.75, 3.05) is 6.61 Å². The topological polar surface area (TPSA) is 110 Å². The molecular formula is C77H153NO5. The maximum Gasteiger partial charge on any atom is 0.249 e. The molecule has 0 aromatic heterocycles. The van der Waals surface area contributed by atoms with Gasteiger partial charge in [0.05, 0.1) is 18.8 Å². The molecule has 4 unspecified atom stereocenters. The molecule has 1 amide bonds. The summed E-state index contributed by atoms with van der Waals surface area (Å²) in [6, 6.07) is -1.00. The number of rotatable bonds is 73. The van der Waals surface area contributed by atoms with E-state index in [9.17, 15) is 25.2 Å². The fraction of sp³-hybridized carbons (Fsp3) is 0.961. The molecule has 0 heterocycles. The second-order valence-electron chi connectivity index (χ2n) is 27.1. The number of unbranched alkanes of at least 4 members (excludes halogenated alkanes) is 62.